The van der Waals surface area contributed by atoms with Gasteiger partial charge in [-0.2, -0.15) is 0 Å². The van der Waals surface area contributed by atoms with Crippen molar-refractivity contribution in [3.05, 3.63) is 12.2 Å². The monoisotopic (exact) mass is 337 g/mol. The molecule has 1 aliphatic carbocycles. The van der Waals surface area contributed by atoms with Crippen LogP contribution in [0.5, 0.6) is 0 Å². The number of halogens is 1. The van der Waals surface area contributed by atoms with Gasteiger partial charge in [-0.15, -0.1) is 24.0 Å². The number of nitrogens with two attached hydrogens (primary N) is 1. The van der Waals surface area contributed by atoms with E-state index in [1.165, 1.54) is 25.7 Å². The van der Waals surface area contributed by atoms with Gasteiger partial charge in [-0.3, -0.25) is 4.99 Å². The Bertz CT molecular complexity index is 251. The number of nitrogens with zero attached hydrogens (tertiary/aromatic N) is 1. The SMILES string of the molecule is C=C(C)CNC(N)=NCC1(CC)CCC1.I. The molecule has 0 aromatic rings. The molecule has 0 saturated heterocycles. The maximum absolute atomic E-state index is 5.76. The summed E-state index contributed by atoms with van der Waals surface area (Å²) in [5.41, 5.74) is 7.29. The van der Waals surface area contributed by atoms with Crippen LogP contribution in [0, 0.1) is 5.41 Å². The van der Waals surface area contributed by atoms with Gasteiger partial charge in [0.15, 0.2) is 5.96 Å². The third-order valence-electron chi connectivity index (χ3n) is 3.32. The molecule has 3 nitrogen and oxygen atoms in total. The molecule has 0 aromatic carbocycles. The molecule has 0 aromatic heterocycles. The fourth-order valence-electron chi connectivity index (χ4n) is 1.85. The highest BCUT2D eigenvalue weighted by molar-refractivity contribution is 14.0. The number of hydrogen-bond donors (Lipinski definition) is 2. The molecule has 3 N–H and O–H groups in total. The van der Waals surface area contributed by atoms with Gasteiger partial charge in [0.25, 0.3) is 0 Å². The quantitative estimate of drug-likeness (QED) is 0.351. The first-order valence-corrected chi connectivity index (χ1v) is 5.76. The van der Waals surface area contributed by atoms with Crippen LogP contribution in [-0.2, 0) is 0 Å². The molecular weight excluding hydrogens is 313 g/mol. The largest absolute Gasteiger partial charge is 0.370 e. The Balaban J connectivity index is 0.00000225. The Morgan fingerprint density at radius 1 is 1.50 bits per heavy atom. The maximum atomic E-state index is 5.76. The molecule has 4 heteroatoms. The molecule has 0 bridgehead atoms. The molecule has 0 unspecified atom stereocenters. The molecule has 0 radical (unpaired) electrons. The summed E-state index contributed by atoms with van der Waals surface area (Å²) < 4.78 is 0. The van der Waals surface area contributed by atoms with E-state index in [1.54, 1.807) is 0 Å². The standard InChI is InChI=1S/C12H23N3.HI/c1-4-12(6-5-7-12)9-15-11(13)14-8-10(2)3;/h2,4-9H2,1,3H3,(H3,13,14,15);1H. The summed E-state index contributed by atoms with van der Waals surface area (Å²) in [5, 5.41) is 3.06. The summed E-state index contributed by atoms with van der Waals surface area (Å²) in [6.45, 7) is 9.61. The molecule has 94 valence electrons. The highest BCUT2D eigenvalue weighted by atomic mass is 127. The molecular formula is C12H24IN3. The van der Waals surface area contributed by atoms with E-state index >= 15 is 0 Å². The zero-order chi connectivity index (χ0) is 11.3. The van der Waals surface area contributed by atoms with E-state index in [-0.39, 0.29) is 24.0 Å². The molecule has 1 saturated carbocycles. The lowest BCUT2D eigenvalue weighted by Gasteiger charge is -2.40. The van der Waals surface area contributed by atoms with Crippen LogP contribution in [0.3, 0.4) is 0 Å². The fraction of sp³-hybridized carbons (Fsp3) is 0.750. The van der Waals surface area contributed by atoms with Crippen molar-refractivity contribution in [3.63, 3.8) is 0 Å². The van der Waals surface area contributed by atoms with Crippen LogP contribution in [0.1, 0.15) is 39.5 Å². The maximum Gasteiger partial charge on any atom is 0.188 e. The summed E-state index contributed by atoms with van der Waals surface area (Å²) in [5.74, 6) is 0.553. The first-order chi connectivity index (χ1) is 7.08. The van der Waals surface area contributed by atoms with Crippen molar-refractivity contribution in [2.24, 2.45) is 16.1 Å². The van der Waals surface area contributed by atoms with Crippen LogP contribution in [0.15, 0.2) is 17.1 Å². The van der Waals surface area contributed by atoms with Crippen LogP contribution >= 0.6 is 24.0 Å². The van der Waals surface area contributed by atoms with Gasteiger partial charge < -0.3 is 11.1 Å². The van der Waals surface area contributed by atoms with Gasteiger partial charge >= 0.3 is 0 Å². The van der Waals surface area contributed by atoms with E-state index in [1.807, 2.05) is 6.92 Å². The van der Waals surface area contributed by atoms with Crippen LogP contribution in [-0.4, -0.2) is 19.0 Å². The highest BCUT2D eigenvalue weighted by Gasteiger charge is 2.34. The van der Waals surface area contributed by atoms with Crippen molar-refractivity contribution >= 4 is 29.9 Å². The predicted octanol–water partition coefficient (Wildman–Crippen LogP) is 2.67. The average Bonchev–Trinajstić information content (AvgIpc) is 2.14. The lowest BCUT2D eigenvalue weighted by molar-refractivity contribution is 0.139. The van der Waals surface area contributed by atoms with Crippen molar-refractivity contribution < 1.29 is 0 Å². The lowest BCUT2D eigenvalue weighted by Crippen LogP contribution is -2.37. The van der Waals surface area contributed by atoms with Gasteiger partial charge in [0.2, 0.25) is 0 Å². The molecule has 0 spiro atoms. The molecule has 1 rings (SSSR count). The number of rotatable bonds is 5. The Kier molecular flexibility index (Phi) is 7.03. The first-order valence-electron chi connectivity index (χ1n) is 5.76. The summed E-state index contributed by atoms with van der Waals surface area (Å²) in [6, 6.07) is 0. The van der Waals surface area contributed by atoms with Gasteiger partial charge in [0.1, 0.15) is 0 Å². The van der Waals surface area contributed by atoms with E-state index in [2.05, 4.69) is 23.8 Å². The minimum absolute atomic E-state index is 0. The molecule has 1 fully saturated rings. The lowest BCUT2D eigenvalue weighted by atomic mass is 9.67. The second kappa shape index (κ2) is 7.14. The number of aliphatic imine (C=N–C) groups is 1. The van der Waals surface area contributed by atoms with Crippen molar-refractivity contribution in [2.45, 2.75) is 39.5 Å². The van der Waals surface area contributed by atoms with Gasteiger partial charge in [0.05, 0.1) is 0 Å². The Hall–Kier alpha value is -0.260. The zero-order valence-electron chi connectivity index (χ0n) is 10.4. The van der Waals surface area contributed by atoms with Crippen molar-refractivity contribution in [1.29, 1.82) is 0 Å². The van der Waals surface area contributed by atoms with Crippen LogP contribution in [0.25, 0.3) is 0 Å². The minimum atomic E-state index is 0. The van der Waals surface area contributed by atoms with E-state index in [9.17, 15) is 0 Å². The minimum Gasteiger partial charge on any atom is -0.370 e. The van der Waals surface area contributed by atoms with Crippen molar-refractivity contribution in [2.75, 3.05) is 13.1 Å². The molecule has 0 atom stereocenters. The van der Waals surface area contributed by atoms with Gasteiger partial charge in [-0.1, -0.05) is 25.5 Å². The van der Waals surface area contributed by atoms with Gasteiger partial charge in [-0.25, -0.2) is 0 Å². The first kappa shape index (κ1) is 15.7. The normalized spacial score (nSPS) is 18.2. The predicted molar refractivity (Wildman–Crippen MR) is 81.3 cm³/mol. The van der Waals surface area contributed by atoms with E-state index < -0.39 is 0 Å². The van der Waals surface area contributed by atoms with E-state index in [0.29, 0.717) is 17.9 Å². The molecule has 0 aliphatic heterocycles. The summed E-state index contributed by atoms with van der Waals surface area (Å²) >= 11 is 0. The second-order valence-electron chi connectivity index (χ2n) is 4.72. The average molecular weight is 337 g/mol. The molecule has 0 amide bonds. The Morgan fingerprint density at radius 2 is 2.12 bits per heavy atom. The van der Waals surface area contributed by atoms with Crippen molar-refractivity contribution in [1.82, 2.24) is 5.32 Å². The number of hydrogen-bond acceptors (Lipinski definition) is 1. The van der Waals surface area contributed by atoms with Crippen molar-refractivity contribution in [3.8, 4) is 0 Å². The summed E-state index contributed by atoms with van der Waals surface area (Å²) in [4.78, 5) is 4.40. The smallest absolute Gasteiger partial charge is 0.188 e. The number of nitrogens with one attached hydrogen (secondary N) is 1. The third kappa shape index (κ3) is 4.72. The fourth-order valence-corrected chi connectivity index (χ4v) is 1.85. The molecule has 1 aliphatic rings. The Morgan fingerprint density at radius 3 is 2.50 bits per heavy atom. The highest BCUT2D eigenvalue weighted by Crippen LogP contribution is 2.43. The summed E-state index contributed by atoms with van der Waals surface area (Å²) in [6.07, 6.45) is 5.17. The van der Waals surface area contributed by atoms with Crippen LogP contribution in [0.2, 0.25) is 0 Å². The van der Waals surface area contributed by atoms with Crippen LogP contribution in [0.4, 0.5) is 0 Å². The zero-order valence-corrected chi connectivity index (χ0v) is 12.7. The summed E-state index contributed by atoms with van der Waals surface area (Å²) in [7, 11) is 0. The number of guanidine groups is 1. The van der Waals surface area contributed by atoms with E-state index in [0.717, 1.165) is 12.1 Å². The second-order valence-corrected chi connectivity index (χ2v) is 4.72. The molecule has 0 heterocycles. The molecule has 16 heavy (non-hydrogen) atoms. The third-order valence-corrected chi connectivity index (χ3v) is 3.32. The van der Waals surface area contributed by atoms with Gasteiger partial charge in [-0.05, 0) is 31.6 Å². The van der Waals surface area contributed by atoms with Gasteiger partial charge in [0, 0.05) is 13.1 Å². The topological polar surface area (TPSA) is 50.4 Å². The van der Waals surface area contributed by atoms with Crippen LogP contribution < -0.4 is 11.1 Å². The Labute approximate surface area is 116 Å². The van der Waals surface area contributed by atoms with E-state index in [4.69, 9.17) is 5.73 Å².